The minimum absolute atomic E-state index is 0.494. The molecule has 0 nitrogen and oxygen atoms in total. The van der Waals surface area contributed by atoms with Gasteiger partial charge >= 0.3 is 0 Å². The monoisotopic (exact) mass is 452 g/mol. The van der Waals surface area contributed by atoms with E-state index in [0.717, 1.165) is 23.7 Å². The van der Waals surface area contributed by atoms with Crippen molar-refractivity contribution in [2.45, 2.75) is 142 Å². The molecule has 0 amide bonds. The summed E-state index contributed by atoms with van der Waals surface area (Å²) in [6, 6.07) is 0. The van der Waals surface area contributed by atoms with Gasteiger partial charge in [-0.25, -0.2) is 0 Å². The number of rotatable bonds is 13. The predicted molar refractivity (Wildman–Crippen MR) is 148 cm³/mol. The quantitative estimate of drug-likeness (QED) is 0.192. The summed E-state index contributed by atoms with van der Waals surface area (Å²) in [6.45, 7) is 11.2. The molecule has 0 aromatic heterocycles. The fourth-order valence-corrected chi connectivity index (χ4v) is 7.70. The van der Waals surface area contributed by atoms with E-state index in [-0.39, 0.29) is 0 Å². The van der Waals surface area contributed by atoms with Crippen LogP contribution in [0.15, 0.2) is 37.0 Å². The van der Waals surface area contributed by atoms with Crippen molar-refractivity contribution in [2.75, 3.05) is 0 Å². The van der Waals surface area contributed by atoms with Crippen LogP contribution in [0.1, 0.15) is 142 Å². The summed E-state index contributed by atoms with van der Waals surface area (Å²) in [5.41, 5.74) is 2.21. The Balaban J connectivity index is 1.49. The van der Waals surface area contributed by atoms with E-state index in [4.69, 9.17) is 6.58 Å². The average molecular weight is 453 g/mol. The number of hydrogen-bond donors (Lipinski definition) is 0. The number of hydrogen-bond acceptors (Lipinski definition) is 0. The van der Waals surface area contributed by atoms with Crippen molar-refractivity contribution in [3.8, 4) is 0 Å². The van der Waals surface area contributed by atoms with Crippen molar-refractivity contribution in [3.63, 3.8) is 0 Å². The Bertz CT molecular complexity index is 581. The van der Waals surface area contributed by atoms with Crippen LogP contribution >= 0.6 is 0 Å². The molecule has 188 valence electrons. The van der Waals surface area contributed by atoms with Gasteiger partial charge in [-0.05, 0) is 113 Å². The highest BCUT2D eigenvalue weighted by Gasteiger charge is 2.40. The van der Waals surface area contributed by atoms with Gasteiger partial charge in [0.2, 0.25) is 0 Å². The van der Waals surface area contributed by atoms with E-state index in [9.17, 15) is 0 Å². The van der Waals surface area contributed by atoms with Gasteiger partial charge in [-0.2, -0.15) is 0 Å². The van der Waals surface area contributed by atoms with E-state index in [1.807, 2.05) is 0 Å². The van der Waals surface area contributed by atoms with Gasteiger partial charge in [0, 0.05) is 0 Å². The fourth-order valence-electron chi connectivity index (χ4n) is 7.70. The van der Waals surface area contributed by atoms with Crippen LogP contribution in [0.2, 0.25) is 0 Å². The van der Waals surface area contributed by atoms with E-state index in [2.05, 4.69) is 31.7 Å². The lowest BCUT2D eigenvalue weighted by Crippen LogP contribution is -2.34. The van der Waals surface area contributed by atoms with Crippen LogP contribution in [0.3, 0.4) is 0 Å². The van der Waals surface area contributed by atoms with E-state index in [0.29, 0.717) is 5.41 Å². The Morgan fingerprint density at radius 2 is 1.61 bits per heavy atom. The lowest BCUT2D eigenvalue weighted by atomic mass is 9.59. The molecule has 0 N–H and O–H groups in total. The first-order chi connectivity index (χ1) is 16.2. The molecule has 0 heterocycles. The van der Waals surface area contributed by atoms with Crippen LogP contribution in [-0.4, -0.2) is 0 Å². The lowest BCUT2D eigenvalue weighted by Gasteiger charge is -2.46. The summed E-state index contributed by atoms with van der Waals surface area (Å²) < 4.78 is 0. The highest BCUT2D eigenvalue weighted by atomic mass is 14.4. The van der Waals surface area contributed by atoms with Gasteiger partial charge in [0.05, 0.1) is 0 Å². The van der Waals surface area contributed by atoms with E-state index in [1.54, 1.807) is 5.57 Å². The molecule has 2 atom stereocenters. The van der Waals surface area contributed by atoms with Crippen LogP contribution < -0.4 is 0 Å². The van der Waals surface area contributed by atoms with Crippen LogP contribution in [0.4, 0.5) is 0 Å². The highest BCUT2D eigenvalue weighted by molar-refractivity contribution is 5.17. The Morgan fingerprint density at radius 1 is 0.848 bits per heavy atom. The molecule has 0 spiro atoms. The molecule has 0 aromatic carbocycles. The molecule has 0 radical (unpaired) electrons. The highest BCUT2D eigenvalue weighted by Crippen LogP contribution is 2.52. The third-order valence-electron chi connectivity index (χ3n) is 9.89. The van der Waals surface area contributed by atoms with Crippen molar-refractivity contribution in [1.82, 2.24) is 0 Å². The van der Waals surface area contributed by atoms with Crippen molar-refractivity contribution < 1.29 is 0 Å². The first-order valence-corrected chi connectivity index (χ1v) is 15.2. The minimum Gasteiger partial charge on any atom is -0.103 e. The van der Waals surface area contributed by atoms with Gasteiger partial charge in [0.25, 0.3) is 0 Å². The largest absolute Gasteiger partial charge is 0.103 e. The van der Waals surface area contributed by atoms with Gasteiger partial charge in [0.1, 0.15) is 0 Å². The second kappa shape index (κ2) is 14.6. The van der Waals surface area contributed by atoms with E-state index < -0.39 is 0 Å². The second-order valence-corrected chi connectivity index (χ2v) is 12.1. The second-order valence-electron chi connectivity index (χ2n) is 12.1. The maximum atomic E-state index is 4.91. The molecule has 3 rings (SSSR count). The molecule has 0 heteroatoms. The predicted octanol–water partition coefficient (Wildman–Crippen LogP) is 11.0. The maximum absolute atomic E-state index is 4.91. The van der Waals surface area contributed by atoms with Crippen molar-refractivity contribution in [3.05, 3.63) is 37.0 Å². The molecule has 2 unspecified atom stereocenters. The topological polar surface area (TPSA) is 0 Å². The lowest BCUT2D eigenvalue weighted by molar-refractivity contribution is 0.157. The van der Waals surface area contributed by atoms with Gasteiger partial charge in [-0.15, -0.1) is 6.58 Å². The Kier molecular flexibility index (Phi) is 11.8. The molecule has 0 aromatic rings. The van der Waals surface area contributed by atoms with E-state index >= 15 is 0 Å². The fraction of sp³-hybridized carbons (Fsp3) is 0.818. The summed E-state index contributed by atoms with van der Waals surface area (Å²) in [7, 11) is 0. The molecule has 3 fully saturated rings. The zero-order valence-electron chi connectivity index (χ0n) is 22.3. The Morgan fingerprint density at radius 3 is 2.33 bits per heavy atom. The third kappa shape index (κ3) is 8.14. The normalized spacial score (nSPS) is 30.3. The van der Waals surface area contributed by atoms with Crippen LogP contribution in [0, 0.1) is 29.1 Å². The van der Waals surface area contributed by atoms with Crippen molar-refractivity contribution in [2.24, 2.45) is 29.1 Å². The average Bonchev–Trinajstić information content (AvgIpc) is 2.86. The number of allylic oxidation sites excluding steroid dienone is 4. The van der Waals surface area contributed by atoms with Crippen LogP contribution in [0.5, 0.6) is 0 Å². The molecular formula is C33H56. The Hall–Kier alpha value is -0.780. The molecule has 0 bridgehead atoms. The van der Waals surface area contributed by atoms with Gasteiger partial charge in [-0.1, -0.05) is 88.7 Å². The summed E-state index contributed by atoms with van der Waals surface area (Å²) in [5, 5.41) is 0. The van der Waals surface area contributed by atoms with Crippen molar-refractivity contribution in [1.29, 1.82) is 0 Å². The maximum Gasteiger partial charge on any atom is -0.00879 e. The molecule has 33 heavy (non-hydrogen) atoms. The first kappa shape index (κ1) is 26.8. The molecule has 3 aliphatic rings. The van der Waals surface area contributed by atoms with E-state index in [1.165, 1.54) is 135 Å². The standard InChI is InChI=1S/C33H56/c1-4-6-13-25-33(26-14-8-15-27-33)28(3)32-20-12-11-19-31(32)18-10-9-17-30-23-21-29(22-24-30)16-7-5-2/h5,9,17,29-32H,2-4,6-8,10-16,18-27H2,1H3/b17-9+. The summed E-state index contributed by atoms with van der Waals surface area (Å²) in [4.78, 5) is 0. The summed E-state index contributed by atoms with van der Waals surface area (Å²) in [6.07, 6.45) is 36.9. The smallest absolute Gasteiger partial charge is 0.00879 e. The zero-order chi connectivity index (χ0) is 23.4. The first-order valence-electron chi connectivity index (χ1n) is 15.2. The molecule has 0 saturated heterocycles. The van der Waals surface area contributed by atoms with Crippen LogP contribution in [0.25, 0.3) is 0 Å². The molecule has 3 saturated carbocycles. The molecule has 3 aliphatic carbocycles. The van der Waals surface area contributed by atoms with Crippen molar-refractivity contribution >= 4 is 0 Å². The Labute approximate surface area is 207 Å². The summed E-state index contributed by atoms with van der Waals surface area (Å²) in [5.74, 6) is 3.53. The minimum atomic E-state index is 0.494. The molecular weight excluding hydrogens is 396 g/mol. The van der Waals surface area contributed by atoms with Crippen LogP contribution in [-0.2, 0) is 0 Å². The third-order valence-corrected chi connectivity index (χ3v) is 9.89. The molecule has 0 aliphatic heterocycles. The SMILES string of the molecule is C=CCCC1CCC(/C=C/CCC2CCCCC2C(=C)C2(CCCCC)CCCCC2)CC1. The number of unbranched alkanes of at least 4 members (excludes halogenated alkanes) is 2. The van der Waals surface area contributed by atoms with Gasteiger partial charge in [0.15, 0.2) is 0 Å². The van der Waals surface area contributed by atoms with Gasteiger partial charge < -0.3 is 0 Å². The summed E-state index contributed by atoms with van der Waals surface area (Å²) >= 11 is 0. The van der Waals surface area contributed by atoms with Gasteiger partial charge in [-0.3, -0.25) is 0 Å². The zero-order valence-corrected chi connectivity index (χ0v) is 22.3.